The zero-order valence-corrected chi connectivity index (χ0v) is 10.7. The first-order chi connectivity index (χ1) is 8.00. The van der Waals surface area contributed by atoms with Crippen LogP contribution in [0.5, 0.6) is 0 Å². The van der Waals surface area contributed by atoms with Crippen molar-refractivity contribution in [2.45, 2.75) is 6.92 Å². The fraction of sp³-hybridized carbons (Fsp3) is 0.231. The van der Waals surface area contributed by atoms with Crippen LogP contribution in [-0.2, 0) is 0 Å². The first-order valence-electron chi connectivity index (χ1n) is 5.28. The number of aromatic nitrogens is 1. The normalized spacial score (nSPS) is 10.6. The van der Waals surface area contributed by atoms with Gasteiger partial charge >= 0.3 is 0 Å². The highest BCUT2D eigenvalue weighted by Crippen LogP contribution is 2.25. The van der Waals surface area contributed by atoms with Gasteiger partial charge < -0.3 is 4.90 Å². The minimum atomic E-state index is -0.0391. The molecule has 0 aliphatic heterocycles. The molecule has 2 aromatic rings. The molecule has 88 valence electrons. The summed E-state index contributed by atoms with van der Waals surface area (Å²) in [5.41, 5.74) is 2.11. The van der Waals surface area contributed by atoms with Crippen molar-refractivity contribution in [3.05, 3.63) is 40.5 Å². The molecule has 0 atom stereocenters. The van der Waals surface area contributed by atoms with E-state index >= 15 is 0 Å². The highest BCUT2D eigenvalue weighted by Gasteiger charge is 2.14. The van der Waals surface area contributed by atoms with Gasteiger partial charge in [-0.1, -0.05) is 23.7 Å². The monoisotopic (exact) mass is 248 g/mol. The molecule has 1 aromatic heterocycles. The number of aryl methyl sites for hydroxylation is 1. The second-order valence-corrected chi connectivity index (χ2v) is 4.55. The van der Waals surface area contributed by atoms with E-state index in [4.69, 9.17) is 11.6 Å². The Morgan fingerprint density at radius 3 is 2.71 bits per heavy atom. The SMILES string of the molecule is Cc1cc(C(=O)N(C)C)c2cccc(Cl)c2n1. The highest BCUT2D eigenvalue weighted by atomic mass is 35.5. The molecule has 0 aliphatic rings. The lowest BCUT2D eigenvalue weighted by Crippen LogP contribution is -2.22. The van der Waals surface area contributed by atoms with Crippen LogP contribution in [0.3, 0.4) is 0 Å². The van der Waals surface area contributed by atoms with Gasteiger partial charge in [-0.2, -0.15) is 0 Å². The van der Waals surface area contributed by atoms with E-state index in [-0.39, 0.29) is 5.91 Å². The molecule has 1 amide bonds. The number of amides is 1. The number of halogens is 1. The maximum absolute atomic E-state index is 12.1. The van der Waals surface area contributed by atoms with Crippen LogP contribution >= 0.6 is 11.6 Å². The van der Waals surface area contributed by atoms with Gasteiger partial charge in [0.15, 0.2) is 0 Å². The molecule has 0 spiro atoms. The van der Waals surface area contributed by atoms with E-state index < -0.39 is 0 Å². The number of hydrogen-bond acceptors (Lipinski definition) is 2. The zero-order valence-electron chi connectivity index (χ0n) is 9.99. The van der Waals surface area contributed by atoms with E-state index in [0.717, 1.165) is 11.1 Å². The van der Waals surface area contributed by atoms with Crippen molar-refractivity contribution in [3.8, 4) is 0 Å². The van der Waals surface area contributed by atoms with Crippen molar-refractivity contribution in [3.63, 3.8) is 0 Å². The van der Waals surface area contributed by atoms with E-state index in [9.17, 15) is 4.79 Å². The molecular weight excluding hydrogens is 236 g/mol. The predicted octanol–water partition coefficient (Wildman–Crippen LogP) is 2.90. The zero-order chi connectivity index (χ0) is 12.6. The van der Waals surface area contributed by atoms with Crippen LogP contribution in [0.1, 0.15) is 16.1 Å². The van der Waals surface area contributed by atoms with Gasteiger partial charge in [-0.3, -0.25) is 9.78 Å². The Bertz CT molecular complexity index is 593. The molecule has 0 aliphatic carbocycles. The second-order valence-electron chi connectivity index (χ2n) is 4.15. The molecule has 0 bridgehead atoms. The summed E-state index contributed by atoms with van der Waals surface area (Å²) in [5.74, 6) is -0.0391. The summed E-state index contributed by atoms with van der Waals surface area (Å²) in [6.45, 7) is 1.86. The molecule has 4 heteroatoms. The molecule has 0 unspecified atom stereocenters. The Balaban J connectivity index is 2.79. The Hall–Kier alpha value is -1.61. The molecule has 1 heterocycles. The van der Waals surface area contributed by atoms with E-state index in [0.29, 0.717) is 16.1 Å². The van der Waals surface area contributed by atoms with Gasteiger partial charge in [0.25, 0.3) is 5.91 Å². The van der Waals surface area contributed by atoms with Crippen molar-refractivity contribution in [2.75, 3.05) is 14.1 Å². The third-order valence-corrected chi connectivity index (χ3v) is 2.86. The predicted molar refractivity (Wildman–Crippen MR) is 69.5 cm³/mol. The topological polar surface area (TPSA) is 33.2 Å². The molecule has 0 radical (unpaired) electrons. The average Bonchev–Trinajstić information content (AvgIpc) is 2.28. The largest absolute Gasteiger partial charge is 0.345 e. The molecular formula is C13H13ClN2O. The van der Waals surface area contributed by atoms with E-state index in [1.54, 1.807) is 31.1 Å². The smallest absolute Gasteiger partial charge is 0.254 e. The molecule has 0 N–H and O–H groups in total. The fourth-order valence-electron chi connectivity index (χ4n) is 1.76. The highest BCUT2D eigenvalue weighted by molar-refractivity contribution is 6.35. The fourth-order valence-corrected chi connectivity index (χ4v) is 1.98. The van der Waals surface area contributed by atoms with Crippen LogP contribution in [0.25, 0.3) is 10.9 Å². The number of hydrogen-bond donors (Lipinski definition) is 0. The summed E-state index contributed by atoms with van der Waals surface area (Å²) in [7, 11) is 3.46. The number of benzene rings is 1. The van der Waals surface area contributed by atoms with Crippen LogP contribution in [0.15, 0.2) is 24.3 Å². The number of rotatable bonds is 1. The van der Waals surface area contributed by atoms with E-state index in [1.165, 1.54) is 0 Å². The average molecular weight is 249 g/mol. The number of pyridine rings is 1. The van der Waals surface area contributed by atoms with Gasteiger partial charge in [-0.25, -0.2) is 0 Å². The van der Waals surface area contributed by atoms with Crippen molar-refractivity contribution in [2.24, 2.45) is 0 Å². The van der Waals surface area contributed by atoms with E-state index in [2.05, 4.69) is 4.98 Å². The Morgan fingerprint density at radius 2 is 2.06 bits per heavy atom. The Labute approximate surface area is 105 Å². The number of carbonyl (C=O) groups is 1. The minimum Gasteiger partial charge on any atom is -0.345 e. The molecule has 0 fully saturated rings. The van der Waals surface area contributed by atoms with Crippen molar-refractivity contribution in [1.82, 2.24) is 9.88 Å². The lowest BCUT2D eigenvalue weighted by Gasteiger charge is -2.13. The molecule has 0 saturated heterocycles. The number of para-hydroxylation sites is 1. The maximum Gasteiger partial charge on any atom is 0.254 e. The molecule has 17 heavy (non-hydrogen) atoms. The van der Waals surface area contributed by atoms with Crippen molar-refractivity contribution < 1.29 is 4.79 Å². The van der Waals surface area contributed by atoms with Gasteiger partial charge in [0.2, 0.25) is 0 Å². The second kappa shape index (κ2) is 4.34. The van der Waals surface area contributed by atoms with Crippen LogP contribution in [0, 0.1) is 6.92 Å². The maximum atomic E-state index is 12.1. The summed E-state index contributed by atoms with van der Waals surface area (Å²) in [6.07, 6.45) is 0. The molecule has 0 saturated carbocycles. The first-order valence-corrected chi connectivity index (χ1v) is 5.66. The van der Waals surface area contributed by atoms with Crippen LogP contribution in [0.4, 0.5) is 0 Å². The quantitative estimate of drug-likeness (QED) is 0.778. The van der Waals surface area contributed by atoms with Crippen molar-refractivity contribution in [1.29, 1.82) is 0 Å². The van der Waals surface area contributed by atoms with Crippen LogP contribution in [0.2, 0.25) is 5.02 Å². The van der Waals surface area contributed by atoms with Gasteiger partial charge in [0.1, 0.15) is 0 Å². The van der Waals surface area contributed by atoms with Gasteiger partial charge in [0.05, 0.1) is 16.1 Å². The lowest BCUT2D eigenvalue weighted by molar-refractivity contribution is 0.0829. The summed E-state index contributed by atoms with van der Waals surface area (Å²) < 4.78 is 0. The number of nitrogens with zero attached hydrogens (tertiary/aromatic N) is 2. The molecule has 3 nitrogen and oxygen atoms in total. The summed E-state index contributed by atoms with van der Waals surface area (Å²) in [4.78, 5) is 18.0. The Morgan fingerprint density at radius 1 is 1.35 bits per heavy atom. The third kappa shape index (κ3) is 2.11. The molecule has 1 aromatic carbocycles. The van der Waals surface area contributed by atoms with E-state index in [1.807, 2.05) is 19.1 Å². The van der Waals surface area contributed by atoms with Gasteiger partial charge in [0, 0.05) is 25.2 Å². The minimum absolute atomic E-state index is 0.0391. The molecule has 2 rings (SSSR count). The first kappa shape index (κ1) is 11.9. The third-order valence-electron chi connectivity index (χ3n) is 2.55. The number of carbonyl (C=O) groups excluding carboxylic acids is 1. The lowest BCUT2D eigenvalue weighted by atomic mass is 10.1. The standard InChI is InChI=1S/C13H13ClN2O/c1-8-7-10(13(17)16(2)3)9-5-4-6-11(14)12(9)15-8/h4-7H,1-3H3. The summed E-state index contributed by atoms with van der Waals surface area (Å²) in [5, 5.41) is 1.36. The van der Waals surface area contributed by atoms with Crippen molar-refractivity contribution >= 4 is 28.4 Å². The number of fused-ring (bicyclic) bond motifs is 1. The van der Waals surface area contributed by atoms with Gasteiger partial charge in [-0.15, -0.1) is 0 Å². The summed E-state index contributed by atoms with van der Waals surface area (Å²) in [6, 6.07) is 7.26. The van der Waals surface area contributed by atoms with Crippen LogP contribution < -0.4 is 0 Å². The van der Waals surface area contributed by atoms with Gasteiger partial charge in [-0.05, 0) is 19.1 Å². The van der Waals surface area contributed by atoms with Crippen LogP contribution in [-0.4, -0.2) is 29.9 Å². The Kier molecular flexibility index (Phi) is 3.03. The summed E-state index contributed by atoms with van der Waals surface area (Å²) >= 11 is 6.10.